The molecule has 10 heteroatoms. The van der Waals surface area contributed by atoms with Crippen LogP contribution in [-0.2, 0) is 11.3 Å². The van der Waals surface area contributed by atoms with Gasteiger partial charge in [0.15, 0.2) is 17.5 Å². The van der Waals surface area contributed by atoms with Crippen LogP contribution in [0.3, 0.4) is 0 Å². The van der Waals surface area contributed by atoms with Crippen molar-refractivity contribution in [2.75, 3.05) is 5.43 Å². The Labute approximate surface area is 143 Å². The van der Waals surface area contributed by atoms with Crippen molar-refractivity contribution in [3.05, 3.63) is 70.3 Å². The molecule has 134 valence electrons. The van der Waals surface area contributed by atoms with E-state index in [-0.39, 0.29) is 10.9 Å². The Morgan fingerprint density at radius 2 is 1.85 bits per heavy atom. The van der Waals surface area contributed by atoms with Crippen LogP contribution in [-0.4, -0.2) is 15.5 Å². The molecule has 0 radical (unpaired) electrons. The normalized spacial score (nSPS) is 10.8. The SMILES string of the molecule is O=C(Cn1cnc2ccc(F)cc2c1=O)NNc1ccc(F)c(F)c1F. The molecule has 0 aliphatic carbocycles. The Hall–Kier alpha value is -3.43. The van der Waals surface area contributed by atoms with Crippen LogP contribution in [0.5, 0.6) is 0 Å². The second-order valence-corrected chi connectivity index (χ2v) is 5.24. The standard InChI is InChI=1S/C16H10F4N4O2/c17-8-1-3-11-9(5-8)16(26)24(7-21-11)6-13(25)23-22-12-4-2-10(18)14(19)15(12)20/h1-5,7,22H,6H2,(H,23,25). The molecule has 3 aromatic rings. The van der Waals surface area contributed by atoms with E-state index >= 15 is 0 Å². The van der Waals surface area contributed by atoms with E-state index in [1.807, 2.05) is 5.43 Å². The third-order valence-electron chi connectivity index (χ3n) is 3.47. The lowest BCUT2D eigenvalue weighted by molar-refractivity contribution is -0.121. The highest BCUT2D eigenvalue weighted by Gasteiger charge is 2.14. The topological polar surface area (TPSA) is 76.0 Å². The van der Waals surface area contributed by atoms with Crippen LogP contribution in [0.4, 0.5) is 23.2 Å². The summed E-state index contributed by atoms with van der Waals surface area (Å²) in [6.45, 7) is -0.517. The molecule has 2 aromatic carbocycles. The molecule has 0 saturated heterocycles. The minimum Gasteiger partial charge on any atom is -0.295 e. The maximum Gasteiger partial charge on any atom is 0.261 e. The Morgan fingerprint density at radius 3 is 2.62 bits per heavy atom. The van der Waals surface area contributed by atoms with Gasteiger partial charge < -0.3 is 0 Å². The number of halogens is 4. The Bertz CT molecular complexity index is 1070. The summed E-state index contributed by atoms with van der Waals surface area (Å²) < 4.78 is 53.6. The summed E-state index contributed by atoms with van der Waals surface area (Å²) in [5, 5.41) is -0.0140. The van der Waals surface area contributed by atoms with Gasteiger partial charge >= 0.3 is 0 Å². The van der Waals surface area contributed by atoms with Crippen LogP contribution in [0.1, 0.15) is 0 Å². The summed E-state index contributed by atoms with van der Waals surface area (Å²) in [7, 11) is 0. The van der Waals surface area contributed by atoms with Gasteiger partial charge in [0.05, 0.1) is 22.9 Å². The molecule has 6 nitrogen and oxygen atoms in total. The summed E-state index contributed by atoms with van der Waals surface area (Å²) in [5.74, 6) is -6.00. The number of nitrogens with one attached hydrogen (secondary N) is 2. The second-order valence-electron chi connectivity index (χ2n) is 5.24. The van der Waals surface area contributed by atoms with Gasteiger partial charge in [0, 0.05) is 0 Å². The summed E-state index contributed by atoms with van der Waals surface area (Å²) in [6.07, 6.45) is 1.10. The first-order valence-corrected chi connectivity index (χ1v) is 7.20. The van der Waals surface area contributed by atoms with Crippen molar-refractivity contribution in [1.82, 2.24) is 15.0 Å². The molecule has 26 heavy (non-hydrogen) atoms. The fraction of sp³-hybridized carbons (Fsp3) is 0.0625. The van der Waals surface area contributed by atoms with Gasteiger partial charge in [-0.3, -0.25) is 25.0 Å². The molecule has 1 aromatic heterocycles. The quantitative estimate of drug-likeness (QED) is 0.421. The van der Waals surface area contributed by atoms with Crippen LogP contribution >= 0.6 is 0 Å². The number of carbonyl (C=O) groups excluding carboxylic acids is 1. The first-order valence-electron chi connectivity index (χ1n) is 7.20. The van der Waals surface area contributed by atoms with Crippen molar-refractivity contribution in [3.63, 3.8) is 0 Å². The molecular weight excluding hydrogens is 356 g/mol. The van der Waals surface area contributed by atoms with Crippen molar-refractivity contribution in [3.8, 4) is 0 Å². The zero-order chi connectivity index (χ0) is 18.8. The number of hydrogen-bond donors (Lipinski definition) is 2. The largest absolute Gasteiger partial charge is 0.295 e. The van der Waals surface area contributed by atoms with E-state index in [9.17, 15) is 27.2 Å². The Kier molecular flexibility index (Phi) is 4.57. The van der Waals surface area contributed by atoms with Crippen LogP contribution < -0.4 is 16.4 Å². The summed E-state index contributed by atoms with van der Waals surface area (Å²) in [4.78, 5) is 28.0. The number of amides is 1. The smallest absolute Gasteiger partial charge is 0.261 e. The number of aromatic nitrogens is 2. The molecule has 0 aliphatic heterocycles. The number of rotatable bonds is 4. The molecule has 0 atom stereocenters. The van der Waals surface area contributed by atoms with Gasteiger partial charge in [0.2, 0.25) is 0 Å². The van der Waals surface area contributed by atoms with Crippen LogP contribution in [0.25, 0.3) is 10.9 Å². The third kappa shape index (κ3) is 3.34. The molecular formula is C16H10F4N4O2. The molecule has 0 fully saturated rings. The monoisotopic (exact) mass is 366 g/mol. The molecule has 0 bridgehead atoms. The average molecular weight is 366 g/mol. The minimum atomic E-state index is -1.69. The highest BCUT2D eigenvalue weighted by atomic mass is 19.2. The van der Waals surface area contributed by atoms with E-state index in [2.05, 4.69) is 10.4 Å². The zero-order valence-electron chi connectivity index (χ0n) is 12.9. The van der Waals surface area contributed by atoms with Crippen molar-refractivity contribution < 1.29 is 22.4 Å². The number of anilines is 1. The highest BCUT2D eigenvalue weighted by molar-refractivity contribution is 5.79. The number of hydrogen-bond acceptors (Lipinski definition) is 4. The van der Waals surface area contributed by atoms with Gasteiger partial charge in [-0.05, 0) is 30.3 Å². The lowest BCUT2D eigenvalue weighted by Crippen LogP contribution is -2.36. The van der Waals surface area contributed by atoms with Crippen LogP contribution in [0.2, 0.25) is 0 Å². The van der Waals surface area contributed by atoms with Gasteiger partial charge in [-0.15, -0.1) is 0 Å². The molecule has 2 N–H and O–H groups in total. The maximum atomic E-state index is 13.5. The predicted octanol–water partition coefficient (Wildman–Crippen LogP) is 2.10. The van der Waals surface area contributed by atoms with E-state index in [4.69, 9.17) is 0 Å². The molecule has 1 heterocycles. The second kappa shape index (κ2) is 6.82. The molecule has 0 spiro atoms. The van der Waals surface area contributed by atoms with Crippen LogP contribution in [0, 0.1) is 23.3 Å². The van der Waals surface area contributed by atoms with Crippen molar-refractivity contribution in [1.29, 1.82) is 0 Å². The molecule has 1 amide bonds. The fourth-order valence-corrected chi connectivity index (χ4v) is 2.20. The number of benzene rings is 2. The molecule has 0 saturated carbocycles. The number of hydrazine groups is 1. The lowest BCUT2D eigenvalue weighted by Gasteiger charge is -2.11. The van der Waals surface area contributed by atoms with E-state index in [1.165, 1.54) is 6.07 Å². The van der Waals surface area contributed by atoms with Crippen molar-refractivity contribution >= 4 is 22.5 Å². The van der Waals surface area contributed by atoms with Gasteiger partial charge in [-0.2, -0.15) is 0 Å². The summed E-state index contributed by atoms with van der Waals surface area (Å²) in [5.41, 5.74) is 3.24. The minimum absolute atomic E-state index is 0.0140. The number of nitrogens with zero attached hydrogens (tertiary/aromatic N) is 2. The van der Waals surface area contributed by atoms with E-state index in [0.29, 0.717) is 6.07 Å². The lowest BCUT2D eigenvalue weighted by atomic mass is 10.2. The first-order chi connectivity index (χ1) is 12.4. The summed E-state index contributed by atoms with van der Waals surface area (Å²) >= 11 is 0. The fourth-order valence-electron chi connectivity index (χ4n) is 2.20. The Morgan fingerprint density at radius 1 is 1.08 bits per heavy atom. The van der Waals surface area contributed by atoms with Gasteiger partial charge in [-0.25, -0.2) is 22.5 Å². The Balaban J connectivity index is 1.75. The van der Waals surface area contributed by atoms with Crippen LogP contribution in [0.15, 0.2) is 41.5 Å². The van der Waals surface area contributed by atoms with Crippen molar-refractivity contribution in [2.24, 2.45) is 0 Å². The van der Waals surface area contributed by atoms with Gasteiger partial charge in [0.1, 0.15) is 12.4 Å². The van der Waals surface area contributed by atoms with Gasteiger partial charge in [0.25, 0.3) is 11.5 Å². The highest BCUT2D eigenvalue weighted by Crippen LogP contribution is 2.18. The van der Waals surface area contributed by atoms with E-state index in [0.717, 1.165) is 29.1 Å². The third-order valence-corrected chi connectivity index (χ3v) is 3.47. The van der Waals surface area contributed by atoms with Gasteiger partial charge in [-0.1, -0.05) is 0 Å². The van der Waals surface area contributed by atoms with Crippen molar-refractivity contribution in [2.45, 2.75) is 6.54 Å². The predicted molar refractivity (Wildman–Crippen MR) is 84.0 cm³/mol. The average Bonchev–Trinajstić information content (AvgIpc) is 2.62. The van der Waals surface area contributed by atoms with E-state index in [1.54, 1.807) is 0 Å². The number of carbonyl (C=O) groups is 1. The molecule has 0 aliphatic rings. The summed E-state index contributed by atoms with van der Waals surface area (Å²) in [6, 6.07) is 5.03. The maximum absolute atomic E-state index is 13.5. The molecule has 3 rings (SSSR count). The molecule has 0 unspecified atom stereocenters. The number of fused-ring (bicyclic) bond motifs is 1. The van der Waals surface area contributed by atoms with E-state index < -0.39 is 47.0 Å². The zero-order valence-corrected chi connectivity index (χ0v) is 12.9. The first kappa shape index (κ1) is 17.4.